The van der Waals surface area contributed by atoms with Gasteiger partial charge in [-0.25, -0.2) is 4.98 Å². The van der Waals surface area contributed by atoms with Gasteiger partial charge >= 0.3 is 12.1 Å². The lowest BCUT2D eigenvalue weighted by atomic mass is 10.2. The molecule has 1 atom stereocenters. The Labute approximate surface area is 102 Å². The summed E-state index contributed by atoms with van der Waals surface area (Å²) in [5, 5.41) is 10.9. The largest absolute Gasteiger partial charge is 0.480 e. The van der Waals surface area contributed by atoms with Crippen LogP contribution in [0.15, 0.2) is 12.5 Å². The van der Waals surface area contributed by atoms with E-state index in [9.17, 15) is 18.0 Å². The molecule has 5 nitrogen and oxygen atoms in total. The molecular formula is C10H14F3N3O2. The van der Waals surface area contributed by atoms with Gasteiger partial charge in [0.15, 0.2) is 0 Å². The third kappa shape index (κ3) is 3.73. The van der Waals surface area contributed by atoms with E-state index >= 15 is 0 Å². The summed E-state index contributed by atoms with van der Waals surface area (Å²) in [7, 11) is 0. The molecule has 0 radical (unpaired) electrons. The third-order valence-electron chi connectivity index (χ3n) is 2.30. The highest BCUT2D eigenvalue weighted by atomic mass is 19.4. The molecule has 0 aliphatic carbocycles. The molecule has 1 heterocycles. The Kier molecular flexibility index (Phi) is 4.33. The summed E-state index contributed by atoms with van der Waals surface area (Å²) in [5.74, 6) is -1.37. The monoisotopic (exact) mass is 265 g/mol. The number of alkyl halides is 3. The highest BCUT2D eigenvalue weighted by Gasteiger charge is 2.32. The number of carboxylic acids is 1. The number of rotatable bonds is 5. The molecule has 0 aromatic carbocycles. The van der Waals surface area contributed by atoms with Gasteiger partial charge < -0.3 is 9.67 Å². The van der Waals surface area contributed by atoms with Crippen LogP contribution in [-0.2, 0) is 4.79 Å². The molecule has 8 heteroatoms. The summed E-state index contributed by atoms with van der Waals surface area (Å²) in [4.78, 5) is 14.8. The summed E-state index contributed by atoms with van der Waals surface area (Å²) in [6, 6.07) is -1.52. The number of aromatic nitrogens is 2. The predicted molar refractivity (Wildman–Crippen MR) is 57.0 cm³/mol. The quantitative estimate of drug-likeness (QED) is 0.851. The van der Waals surface area contributed by atoms with Crippen LogP contribution >= 0.6 is 0 Å². The van der Waals surface area contributed by atoms with E-state index in [0.717, 1.165) is 0 Å². The summed E-state index contributed by atoms with van der Waals surface area (Å²) in [5.41, 5.74) is 0.196. The first-order valence-electron chi connectivity index (χ1n) is 5.27. The van der Waals surface area contributed by atoms with E-state index in [-0.39, 0.29) is 11.7 Å². The van der Waals surface area contributed by atoms with Crippen LogP contribution in [0.1, 0.15) is 31.6 Å². The summed E-state index contributed by atoms with van der Waals surface area (Å²) >= 11 is 0. The number of hydrogen-bond donors (Lipinski definition) is 2. The SMILES string of the molecule is CC(C)n1cncc1C(NCC(F)(F)F)C(=O)O. The van der Waals surface area contributed by atoms with Crippen molar-refractivity contribution in [2.75, 3.05) is 6.54 Å². The van der Waals surface area contributed by atoms with E-state index < -0.39 is 24.7 Å². The lowest BCUT2D eigenvalue weighted by Gasteiger charge is -2.19. The van der Waals surface area contributed by atoms with Gasteiger partial charge in [0.25, 0.3) is 0 Å². The Bertz CT molecular complexity index is 415. The Morgan fingerprint density at radius 2 is 2.17 bits per heavy atom. The van der Waals surface area contributed by atoms with Crippen molar-refractivity contribution in [1.82, 2.24) is 14.9 Å². The van der Waals surface area contributed by atoms with E-state index in [4.69, 9.17) is 5.11 Å². The van der Waals surface area contributed by atoms with Crippen molar-refractivity contribution in [3.8, 4) is 0 Å². The smallest absolute Gasteiger partial charge is 0.401 e. The fraction of sp³-hybridized carbons (Fsp3) is 0.600. The predicted octanol–water partition coefficient (Wildman–Crippen LogP) is 1.74. The molecule has 0 aliphatic rings. The van der Waals surface area contributed by atoms with E-state index in [0.29, 0.717) is 0 Å². The third-order valence-corrected chi connectivity index (χ3v) is 2.30. The molecule has 1 aromatic rings. The van der Waals surface area contributed by atoms with Crippen LogP contribution in [0.5, 0.6) is 0 Å². The number of nitrogens with one attached hydrogen (secondary N) is 1. The lowest BCUT2D eigenvalue weighted by molar-refractivity contribution is -0.143. The number of hydrogen-bond acceptors (Lipinski definition) is 3. The van der Waals surface area contributed by atoms with Crippen molar-refractivity contribution in [2.45, 2.75) is 32.1 Å². The minimum atomic E-state index is -4.46. The maximum absolute atomic E-state index is 12.1. The first kappa shape index (κ1) is 14.5. The number of aliphatic carboxylic acids is 1. The van der Waals surface area contributed by atoms with Gasteiger partial charge in [-0.05, 0) is 13.8 Å². The molecule has 0 spiro atoms. The first-order chi connectivity index (χ1) is 8.22. The second-order valence-electron chi connectivity index (χ2n) is 4.09. The number of carboxylic acid groups (broad SMARTS) is 1. The molecule has 0 saturated heterocycles. The van der Waals surface area contributed by atoms with Crippen LogP contribution in [0, 0.1) is 0 Å². The molecular weight excluding hydrogens is 251 g/mol. The minimum Gasteiger partial charge on any atom is -0.480 e. The highest BCUT2D eigenvalue weighted by Crippen LogP contribution is 2.20. The number of nitrogens with zero attached hydrogens (tertiary/aromatic N) is 2. The average Bonchev–Trinajstić information content (AvgIpc) is 2.64. The Morgan fingerprint density at radius 1 is 1.56 bits per heavy atom. The second-order valence-corrected chi connectivity index (χ2v) is 4.09. The maximum Gasteiger partial charge on any atom is 0.401 e. The second kappa shape index (κ2) is 5.38. The van der Waals surface area contributed by atoms with Gasteiger partial charge in [-0.15, -0.1) is 0 Å². The van der Waals surface area contributed by atoms with Crippen LogP contribution < -0.4 is 5.32 Å². The van der Waals surface area contributed by atoms with Crippen molar-refractivity contribution in [3.63, 3.8) is 0 Å². The van der Waals surface area contributed by atoms with E-state index in [2.05, 4.69) is 4.98 Å². The van der Waals surface area contributed by atoms with Gasteiger partial charge in [-0.2, -0.15) is 13.2 Å². The molecule has 18 heavy (non-hydrogen) atoms. The molecule has 102 valence electrons. The van der Waals surface area contributed by atoms with Crippen LogP contribution in [0.2, 0.25) is 0 Å². The van der Waals surface area contributed by atoms with Crippen molar-refractivity contribution in [3.05, 3.63) is 18.2 Å². The van der Waals surface area contributed by atoms with Gasteiger partial charge in [-0.1, -0.05) is 0 Å². The summed E-state index contributed by atoms with van der Waals surface area (Å²) < 4.78 is 37.8. The molecule has 1 unspecified atom stereocenters. The molecule has 2 N–H and O–H groups in total. The van der Waals surface area contributed by atoms with Gasteiger partial charge in [0.1, 0.15) is 6.04 Å². The summed E-state index contributed by atoms with van der Waals surface area (Å²) in [6.07, 6.45) is -1.82. The Balaban J connectivity index is 2.91. The number of imidazole rings is 1. The van der Waals surface area contributed by atoms with Gasteiger partial charge in [-0.3, -0.25) is 10.1 Å². The Hall–Kier alpha value is -1.57. The molecule has 0 fully saturated rings. The topological polar surface area (TPSA) is 67.2 Å². The molecule has 0 saturated carbocycles. The fourth-order valence-electron chi connectivity index (χ4n) is 1.51. The van der Waals surface area contributed by atoms with E-state index in [1.807, 2.05) is 5.32 Å². The van der Waals surface area contributed by atoms with Gasteiger partial charge in [0, 0.05) is 6.04 Å². The molecule has 1 rings (SSSR count). The first-order valence-corrected chi connectivity index (χ1v) is 5.27. The zero-order valence-corrected chi connectivity index (χ0v) is 9.90. The van der Waals surface area contributed by atoms with Gasteiger partial charge in [0.2, 0.25) is 0 Å². The molecule has 0 aliphatic heterocycles. The van der Waals surface area contributed by atoms with Crippen LogP contribution in [0.4, 0.5) is 13.2 Å². The molecule has 0 amide bonds. The zero-order chi connectivity index (χ0) is 13.9. The van der Waals surface area contributed by atoms with Gasteiger partial charge in [0.05, 0.1) is 24.8 Å². The van der Waals surface area contributed by atoms with E-state index in [1.165, 1.54) is 17.1 Å². The zero-order valence-electron chi connectivity index (χ0n) is 9.90. The standard InChI is InChI=1S/C10H14F3N3O2/c1-6(2)16-5-14-3-7(16)8(9(17)18)15-4-10(11,12)13/h3,5-6,8,15H,4H2,1-2H3,(H,17,18). The summed E-state index contributed by atoms with van der Waals surface area (Å²) in [6.45, 7) is 2.20. The highest BCUT2D eigenvalue weighted by molar-refractivity contribution is 5.74. The van der Waals surface area contributed by atoms with Crippen LogP contribution in [-0.4, -0.2) is 33.3 Å². The molecule has 0 bridgehead atoms. The normalized spacial score (nSPS) is 13.9. The Morgan fingerprint density at radius 3 is 2.61 bits per heavy atom. The van der Waals surface area contributed by atoms with Crippen molar-refractivity contribution >= 4 is 5.97 Å². The van der Waals surface area contributed by atoms with Crippen LogP contribution in [0.3, 0.4) is 0 Å². The number of carbonyl (C=O) groups is 1. The average molecular weight is 265 g/mol. The van der Waals surface area contributed by atoms with Crippen molar-refractivity contribution in [2.24, 2.45) is 0 Å². The minimum absolute atomic E-state index is 0.0861. The van der Waals surface area contributed by atoms with Crippen LogP contribution in [0.25, 0.3) is 0 Å². The van der Waals surface area contributed by atoms with Crippen molar-refractivity contribution in [1.29, 1.82) is 0 Å². The maximum atomic E-state index is 12.1. The van der Waals surface area contributed by atoms with E-state index in [1.54, 1.807) is 13.8 Å². The molecule has 1 aromatic heterocycles. The van der Waals surface area contributed by atoms with Crippen molar-refractivity contribution < 1.29 is 23.1 Å². The number of halogens is 3. The fourth-order valence-corrected chi connectivity index (χ4v) is 1.51. The lowest BCUT2D eigenvalue weighted by Crippen LogP contribution is -2.37.